The van der Waals surface area contributed by atoms with Crippen molar-refractivity contribution in [3.63, 3.8) is 0 Å². The van der Waals surface area contributed by atoms with Gasteiger partial charge in [-0.25, -0.2) is 9.97 Å². The molecule has 0 atom stereocenters. The van der Waals surface area contributed by atoms with Gasteiger partial charge in [-0.3, -0.25) is 0 Å². The molecule has 0 saturated heterocycles. The summed E-state index contributed by atoms with van der Waals surface area (Å²) in [5.74, 6) is 0.680. The lowest BCUT2D eigenvalue weighted by atomic mass is 9.67. The van der Waals surface area contributed by atoms with Crippen LogP contribution in [0, 0.1) is 0 Å². The maximum atomic E-state index is 6.13. The molecule has 290 valence electrons. The molecule has 11 aromatic rings. The Labute approximate surface area is 360 Å². The van der Waals surface area contributed by atoms with E-state index < -0.39 is 5.41 Å². The third-order valence-electron chi connectivity index (χ3n) is 12.6. The summed E-state index contributed by atoms with van der Waals surface area (Å²) in [5, 5.41) is 2.24. The summed E-state index contributed by atoms with van der Waals surface area (Å²) in [7, 11) is 0. The summed E-state index contributed by atoms with van der Waals surface area (Å²) in [5.41, 5.74) is 18.1. The Morgan fingerprint density at radius 3 is 1.53 bits per heavy atom. The summed E-state index contributed by atoms with van der Waals surface area (Å²) in [4.78, 5) is 10.6. The van der Waals surface area contributed by atoms with Gasteiger partial charge in [0.25, 0.3) is 0 Å². The molecule has 0 spiro atoms. The quantitative estimate of drug-likeness (QED) is 0.161. The fourth-order valence-electron chi connectivity index (χ4n) is 9.66. The van der Waals surface area contributed by atoms with Crippen molar-refractivity contribution in [2.24, 2.45) is 0 Å². The van der Waals surface area contributed by atoms with Crippen LogP contribution in [0.4, 0.5) is 0 Å². The summed E-state index contributed by atoms with van der Waals surface area (Å²) < 4.78 is 6.13. The predicted octanol–water partition coefficient (Wildman–Crippen LogP) is 15.1. The molecule has 1 aliphatic carbocycles. The topological polar surface area (TPSA) is 38.9 Å². The van der Waals surface area contributed by atoms with Crippen molar-refractivity contribution in [1.82, 2.24) is 9.97 Å². The molecule has 9 aromatic carbocycles. The number of fused-ring (bicyclic) bond motifs is 6. The molecule has 0 aliphatic heterocycles. The number of furan rings is 1. The lowest BCUT2D eigenvalue weighted by molar-refractivity contribution is 0.669. The molecule has 0 bridgehead atoms. The molecule has 3 nitrogen and oxygen atoms in total. The van der Waals surface area contributed by atoms with Crippen LogP contribution in [-0.2, 0) is 5.41 Å². The average molecular weight is 791 g/mol. The van der Waals surface area contributed by atoms with Gasteiger partial charge in [-0.2, -0.15) is 0 Å². The second-order valence-electron chi connectivity index (χ2n) is 16.1. The van der Waals surface area contributed by atoms with Crippen LogP contribution in [0.25, 0.3) is 89.2 Å². The van der Waals surface area contributed by atoms with Gasteiger partial charge in [0.05, 0.1) is 16.8 Å². The standard InChI is InChI=1S/C59H38N2O/c1-4-14-39(15-5-1)40-26-30-43(31-27-40)58-60-54(42-28-24-41(25-29-42)44-33-35-57-51(36-44)50-21-11-13-23-56(50)62-57)38-55(61-58)45-32-34-49-48-20-10-12-22-52(48)59(53(49)37-45,46-16-6-2-7-17-46)47-18-8-3-9-19-47/h1-38H. The zero-order chi connectivity index (χ0) is 41.0. The third kappa shape index (κ3) is 5.82. The zero-order valence-electron chi connectivity index (χ0n) is 33.7. The Bertz CT molecular complexity index is 3390. The van der Waals surface area contributed by atoms with E-state index in [1.807, 2.05) is 18.2 Å². The molecule has 2 aromatic heterocycles. The fraction of sp³-hybridized carbons (Fsp3) is 0.0169. The SMILES string of the molecule is c1ccc(-c2ccc(-c3nc(-c4ccc(-c5ccc6oc7ccccc7c6c5)cc4)cc(-c4ccc5c(c4)C(c4ccccc4)(c4ccccc4)c4ccccc4-5)n3)cc2)cc1. The summed E-state index contributed by atoms with van der Waals surface area (Å²) in [6.07, 6.45) is 0. The van der Waals surface area contributed by atoms with Gasteiger partial charge in [0.1, 0.15) is 11.2 Å². The molecule has 62 heavy (non-hydrogen) atoms. The average Bonchev–Trinajstić information content (AvgIpc) is 3.88. The van der Waals surface area contributed by atoms with E-state index in [2.05, 4.69) is 212 Å². The van der Waals surface area contributed by atoms with E-state index in [1.54, 1.807) is 0 Å². The van der Waals surface area contributed by atoms with Gasteiger partial charge in [-0.15, -0.1) is 0 Å². The van der Waals surface area contributed by atoms with E-state index in [4.69, 9.17) is 14.4 Å². The van der Waals surface area contributed by atoms with E-state index >= 15 is 0 Å². The van der Waals surface area contributed by atoms with E-state index in [-0.39, 0.29) is 0 Å². The van der Waals surface area contributed by atoms with Crippen LogP contribution in [0.15, 0.2) is 235 Å². The first-order valence-electron chi connectivity index (χ1n) is 21.1. The normalized spacial score (nSPS) is 12.6. The highest BCUT2D eigenvalue weighted by molar-refractivity contribution is 6.06. The molecular formula is C59H38N2O. The smallest absolute Gasteiger partial charge is 0.160 e. The maximum absolute atomic E-state index is 6.13. The van der Waals surface area contributed by atoms with E-state index in [9.17, 15) is 0 Å². The highest BCUT2D eigenvalue weighted by atomic mass is 16.3. The second-order valence-corrected chi connectivity index (χ2v) is 16.1. The van der Waals surface area contributed by atoms with E-state index in [1.165, 1.54) is 38.9 Å². The zero-order valence-corrected chi connectivity index (χ0v) is 33.7. The largest absolute Gasteiger partial charge is 0.456 e. The molecule has 0 saturated carbocycles. The van der Waals surface area contributed by atoms with Crippen molar-refractivity contribution in [3.05, 3.63) is 253 Å². The monoisotopic (exact) mass is 790 g/mol. The molecule has 2 heterocycles. The molecule has 0 unspecified atom stereocenters. The maximum Gasteiger partial charge on any atom is 0.160 e. The predicted molar refractivity (Wildman–Crippen MR) is 254 cm³/mol. The Balaban J connectivity index is 1.01. The van der Waals surface area contributed by atoms with Crippen molar-refractivity contribution >= 4 is 21.9 Å². The molecule has 3 heteroatoms. The van der Waals surface area contributed by atoms with E-state index in [0.29, 0.717) is 5.82 Å². The van der Waals surface area contributed by atoms with Crippen LogP contribution < -0.4 is 0 Å². The number of hydrogen-bond acceptors (Lipinski definition) is 3. The highest BCUT2D eigenvalue weighted by Gasteiger charge is 2.46. The molecule has 0 amide bonds. The molecule has 0 radical (unpaired) electrons. The fourth-order valence-corrected chi connectivity index (χ4v) is 9.66. The lowest BCUT2D eigenvalue weighted by Crippen LogP contribution is -2.28. The number of hydrogen-bond donors (Lipinski definition) is 0. The van der Waals surface area contributed by atoms with Crippen molar-refractivity contribution in [2.45, 2.75) is 5.41 Å². The summed E-state index contributed by atoms with van der Waals surface area (Å²) in [6, 6.07) is 82.3. The van der Waals surface area contributed by atoms with Gasteiger partial charge in [0.15, 0.2) is 5.82 Å². The van der Waals surface area contributed by atoms with Gasteiger partial charge >= 0.3 is 0 Å². The van der Waals surface area contributed by atoms with E-state index in [0.717, 1.165) is 66.7 Å². The van der Waals surface area contributed by atoms with Gasteiger partial charge in [0.2, 0.25) is 0 Å². The van der Waals surface area contributed by atoms with Crippen LogP contribution in [-0.4, -0.2) is 9.97 Å². The molecule has 1 aliphatic rings. The highest BCUT2D eigenvalue weighted by Crippen LogP contribution is 2.56. The molecule has 0 N–H and O–H groups in total. The number of benzene rings is 9. The van der Waals surface area contributed by atoms with Gasteiger partial charge in [-0.05, 0) is 86.0 Å². The van der Waals surface area contributed by atoms with Gasteiger partial charge in [-0.1, -0.05) is 200 Å². The number of para-hydroxylation sites is 1. The van der Waals surface area contributed by atoms with Crippen LogP contribution >= 0.6 is 0 Å². The summed E-state index contributed by atoms with van der Waals surface area (Å²) >= 11 is 0. The Kier molecular flexibility index (Phi) is 8.39. The second kappa shape index (κ2) is 14.5. The lowest BCUT2D eigenvalue weighted by Gasteiger charge is -2.34. The van der Waals surface area contributed by atoms with Crippen LogP contribution in [0.3, 0.4) is 0 Å². The molecule has 12 rings (SSSR count). The number of aromatic nitrogens is 2. The Hall–Kier alpha value is -8.14. The van der Waals surface area contributed by atoms with Crippen LogP contribution in [0.2, 0.25) is 0 Å². The van der Waals surface area contributed by atoms with Gasteiger partial charge < -0.3 is 4.42 Å². The molecular weight excluding hydrogens is 753 g/mol. The minimum absolute atomic E-state index is 0.516. The summed E-state index contributed by atoms with van der Waals surface area (Å²) in [6.45, 7) is 0. The third-order valence-corrected chi connectivity index (χ3v) is 12.6. The van der Waals surface area contributed by atoms with Crippen LogP contribution in [0.1, 0.15) is 22.3 Å². The van der Waals surface area contributed by atoms with Crippen molar-refractivity contribution < 1.29 is 4.42 Å². The Morgan fingerprint density at radius 1 is 0.306 bits per heavy atom. The molecule has 0 fully saturated rings. The van der Waals surface area contributed by atoms with Gasteiger partial charge in [0, 0.05) is 27.5 Å². The van der Waals surface area contributed by atoms with Crippen molar-refractivity contribution in [2.75, 3.05) is 0 Å². The first kappa shape index (κ1) is 35.8. The minimum atomic E-state index is -0.516. The van der Waals surface area contributed by atoms with Crippen LogP contribution in [0.5, 0.6) is 0 Å². The number of nitrogens with zero attached hydrogens (tertiary/aromatic N) is 2. The minimum Gasteiger partial charge on any atom is -0.456 e. The first-order chi connectivity index (χ1) is 30.7. The first-order valence-corrected chi connectivity index (χ1v) is 21.1. The van der Waals surface area contributed by atoms with Crippen molar-refractivity contribution in [1.29, 1.82) is 0 Å². The van der Waals surface area contributed by atoms with Crippen molar-refractivity contribution in [3.8, 4) is 67.3 Å². The number of rotatable bonds is 7. The Morgan fingerprint density at radius 2 is 0.806 bits per heavy atom.